The van der Waals surface area contributed by atoms with Crippen LogP contribution in [0.4, 0.5) is 13.2 Å². The second kappa shape index (κ2) is 3.84. The highest BCUT2D eigenvalue weighted by atomic mass is 19.3. The summed E-state index contributed by atoms with van der Waals surface area (Å²) in [6, 6.07) is 0. The first-order chi connectivity index (χ1) is 4.52. The van der Waals surface area contributed by atoms with Gasteiger partial charge in [-0.3, -0.25) is 0 Å². The van der Waals surface area contributed by atoms with Crippen molar-refractivity contribution in [3.05, 3.63) is 6.92 Å². The first kappa shape index (κ1) is 9.79. The van der Waals surface area contributed by atoms with E-state index in [9.17, 15) is 13.2 Å². The van der Waals surface area contributed by atoms with E-state index in [1.54, 1.807) is 6.92 Å². The summed E-state index contributed by atoms with van der Waals surface area (Å²) in [7, 11) is 0. The number of halogens is 3. The molecule has 0 aromatic heterocycles. The van der Waals surface area contributed by atoms with E-state index in [0.29, 0.717) is 0 Å². The van der Waals surface area contributed by atoms with E-state index in [1.165, 1.54) is 0 Å². The lowest BCUT2D eigenvalue weighted by atomic mass is 10.1. The molecule has 0 N–H and O–H groups in total. The smallest absolute Gasteiger partial charge is 0.247 e. The lowest BCUT2D eigenvalue weighted by molar-refractivity contribution is -0.0262. The number of hydrogen-bond acceptors (Lipinski definition) is 0. The van der Waals surface area contributed by atoms with Crippen molar-refractivity contribution in [1.82, 2.24) is 0 Å². The minimum Gasteiger partial charge on any atom is -0.247 e. The molecule has 0 aliphatic heterocycles. The molecule has 0 aromatic carbocycles. The number of hydrogen-bond donors (Lipinski definition) is 0. The molecule has 10 heavy (non-hydrogen) atoms. The fourth-order valence-electron chi connectivity index (χ4n) is 0.570. The summed E-state index contributed by atoms with van der Waals surface area (Å²) in [4.78, 5) is 0. The molecular formula is C7H12F3. The molecule has 3 heteroatoms. The van der Waals surface area contributed by atoms with E-state index < -0.39 is 24.9 Å². The molecule has 0 nitrogen and oxygen atoms in total. The molecule has 1 atom stereocenters. The van der Waals surface area contributed by atoms with Crippen molar-refractivity contribution in [1.29, 1.82) is 0 Å². The Hall–Kier alpha value is -0.210. The van der Waals surface area contributed by atoms with E-state index in [1.807, 2.05) is 0 Å². The first-order valence-electron chi connectivity index (χ1n) is 3.33. The zero-order valence-electron chi connectivity index (χ0n) is 6.04. The summed E-state index contributed by atoms with van der Waals surface area (Å²) in [5.41, 5.74) is 0. The lowest BCUT2D eigenvalue weighted by Crippen LogP contribution is -2.20. The van der Waals surface area contributed by atoms with Crippen molar-refractivity contribution >= 4 is 0 Å². The fourth-order valence-corrected chi connectivity index (χ4v) is 0.570. The summed E-state index contributed by atoms with van der Waals surface area (Å²) in [5, 5.41) is 0. The van der Waals surface area contributed by atoms with Gasteiger partial charge in [0.2, 0.25) is 0 Å². The summed E-state index contributed by atoms with van der Waals surface area (Å²) < 4.78 is 36.9. The van der Waals surface area contributed by atoms with Crippen LogP contribution in [0.15, 0.2) is 0 Å². The maximum absolute atomic E-state index is 12.3. The van der Waals surface area contributed by atoms with Gasteiger partial charge in [-0.1, -0.05) is 6.92 Å². The molecule has 0 aromatic rings. The Morgan fingerprint density at radius 3 is 2.30 bits per heavy atom. The van der Waals surface area contributed by atoms with E-state index in [4.69, 9.17) is 0 Å². The van der Waals surface area contributed by atoms with Crippen molar-refractivity contribution in [3.63, 3.8) is 0 Å². The zero-order valence-corrected chi connectivity index (χ0v) is 6.04. The van der Waals surface area contributed by atoms with E-state index >= 15 is 0 Å². The average Bonchev–Trinajstić information content (AvgIpc) is 1.87. The molecule has 0 aliphatic rings. The van der Waals surface area contributed by atoms with Gasteiger partial charge in [0.1, 0.15) is 6.17 Å². The largest absolute Gasteiger partial charge is 0.250 e. The Balaban J connectivity index is 3.64. The molecule has 61 valence electrons. The van der Waals surface area contributed by atoms with Gasteiger partial charge in [-0.25, -0.2) is 13.2 Å². The summed E-state index contributed by atoms with van der Waals surface area (Å²) in [6.07, 6.45) is -2.45. The van der Waals surface area contributed by atoms with Crippen molar-refractivity contribution in [2.75, 3.05) is 0 Å². The van der Waals surface area contributed by atoms with Crippen LogP contribution in [0.2, 0.25) is 0 Å². The SMILES string of the molecule is [CH2]CC(F)(F)C[C@@H](F)CC. The Bertz CT molecular complexity index is 90.9. The highest BCUT2D eigenvalue weighted by Crippen LogP contribution is 2.25. The van der Waals surface area contributed by atoms with Crippen LogP contribution in [0.3, 0.4) is 0 Å². The van der Waals surface area contributed by atoms with Gasteiger partial charge in [0.15, 0.2) is 0 Å². The predicted octanol–water partition coefficient (Wildman–Crippen LogP) is 2.98. The maximum atomic E-state index is 12.3. The zero-order chi connectivity index (χ0) is 8.20. The fraction of sp³-hybridized carbons (Fsp3) is 0.857. The molecule has 0 spiro atoms. The van der Waals surface area contributed by atoms with Crippen molar-refractivity contribution in [2.24, 2.45) is 0 Å². The third kappa shape index (κ3) is 3.75. The highest BCUT2D eigenvalue weighted by Gasteiger charge is 2.29. The van der Waals surface area contributed by atoms with E-state index in [0.717, 1.165) is 0 Å². The second-order valence-electron chi connectivity index (χ2n) is 2.32. The van der Waals surface area contributed by atoms with Crippen LogP contribution in [0, 0.1) is 6.92 Å². The molecule has 0 amide bonds. The van der Waals surface area contributed by atoms with Crippen LogP contribution in [0.25, 0.3) is 0 Å². The molecule has 0 saturated carbocycles. The normalized spacial score (nSPS) is 15.3. The molecule has 1 radical (unpaired) electrons. The predicted molar refractivity (Wildman–Crippen MR) is 34.7 cm³/mol. The molecule has 0 rings (SSSR count). The van der Waals surface area contributed by atoms with Crippen LogP contribution in [0.5, 0.6) is 0 Å². The van der Waals surface area contributed by atoms with Gasteiger partial charge < -0.3 is 0 Å². The van der Waals surface area contributed by atoms with Gasteiger partial charge in [0, 0.05) is 12.8 Å². The maximum Gasteiger partial charge on any atom is 0.250 e. The van der Waals surface area contributed by atoms with Gasteiger partial charge in [-0.15, -0.1) is 0 Å². The first-order valence-corrected chi connectivity index (χ1v) is 3.33. The lowest BCUT2D eigenvalue weighted by Gasteiger charge is -2.15. The van der Waals surface area contributed by atoms with Crippen molar-refractivity contribution in [2.45, 2.75) is 38.3 Å². The van der Waals surface area contributed by atoms with Crippen LogP contribution >= 0.6 is 0 Å². The van der Waals surface area contributed by atoms with Gasteiger partial charge in [0.05, 0.1) is 0 Å². The second-order valence-corrected chi connectivity index (χ2v) is 2.32. The summed E-state index contributed by atoms with van der Waals surface area (Å²) >= 11 is 0. The van der Waals surface area contributed by atoms with Gasteiger partial charge in [0.25, 0.3) is 5.92 Å². The van der Waals surface area contributed by atoms with Gasteiger partial charge in [-0.2, -0.15) is 0 Å². The standard InChI is InChI=1S/C7H12F3/c1-3-6(8)5-7(9,10)4-2/h6H,2-5H2,1H3/t6-/m0/s1. The van der Waals surface area contributed by atoms with Crippen LogP contribution in [-0.4, -0.2) is 12.1 Å². The molecular weight excluding hydrogens is 141 g/mol. The van der Waals surface area contributed by atoms with Crippen LogP contribution < -0.4 is 0 Å². The third-order valence-electron chi connectivity index (χ3n) is 1.33. The quantitative estimate of drug-likeness (QED) is 0.582. The monoisotopic (exact) mass is 153 g/mol. The topological polar surface area (TPSA) is 0 Å². The van der Waals surface area contributed by atoms with E-state index in [-0.39, 0.29) is 6.42 Å². The molecule has 0 heterocycles. The third-order valence-corrected chi connectivity index (χ3v) is 1.33. The summed E-state index contributed by atoms with van der Waals surface area (Å²) in [6.45, 7) is 4.57. The number of rotatable bonds is 4. The Morgan fingerprint density at radius 2 is 2.00 bits per heavy atom. The molecule has 0 unspecified atom stereocenters. The molecule has 0 fully saturated rings. The Morgan fingerprint density at radius 1 is 1.50 bits per heavy atom. The highest BCUT2D eigenvalue weighted by molar-refractivity contribution is 4.71. The molecule has 0 bridgehead atoms. The van der Waals surface area contributed by atoms with Gasteiger partial charge >= 0.3 is 0 Å². The Labute approximate surface area is 59.4 Å². The summed E-state index contributed by atoms with van der Waals surface area (Å²) in [5.74, 6) is -2.92. The van der Waals surface area contributed by atoms with Gasteiger partial charge in [-0.05, 0) is 13.3 Å². The van der Waals surface area contributed by atoms with Crippen LogP contribution in [-0.2, 0) is 0 Å². The minimum atomic E-state index is -2.92. The molecule has 0 saturated heterocycles. The van der Waals surface area contributed by atoms with Crippen LogP contribution in [0.1, 0.15) is 26.2 Å². The van der Waals surface area contributed by atoms with E-state index in [2.05, 4.69) is 6.92 Å². The van der Waals surface area contributed by atoms with Crippen molar-refractivity contribution in [3.8, 4) is 0 Å². The average molecular weight is 153 g/mol. The minimum absolute atomic E-state index is 0.148. The Kier molecular flexibility index (Phi) is 3.76. The van der Waals surface area contributed by atoms with Crippen molar-refractivity contribution < 1.29 is 13.2 Å². The number of alkyl halides is 3. The molecule has 0 aliphatic carbocycles.